The smallest absolute Gasteiger partial charge is 0.292 e. The van der Waals surface area contributed by atoms with Crippen LogP contribution in [0.1, 0.15) is 16.2 Å². The highest BCUT2D eigenvalue weighted by molar-refractivity contribution is 6.01. The number of benzene rings is 1. The van der Waals surface area contributed by atoms with E-state index in [1.165, 1.54) is 12.4 Å². The number of phenols is 1. The van der Waals surface area contributed by atoms with Crippen LogP contribution >= 0.6 is 0 Å². The normalized spacial score (nSPS) is 10.1. The van der Waals surface area contributed by atoms with Gasteiger partial charge in [-0.2, -0.15) is 5.10 Å². The van der Waals surface area contributed by atoms with Gasteiger partial charge in [-0.1, -0.05) is 0 Å². The van der Waals surface area contributed by atoms with E-state index in [-0.39, 0.29) is 17.5 Å². The number of aromatic nitrogens is 3. The minimum atomic E-state index is -0.369. The van der Waals surface area contributed by atoms with Crippen molar-refractivity contribution in [1.82, 2.24) is 15.2 Å². The number of carbonyl (C=O) groups excluding carboxylic acids is 1. The van der Waals surface area contributed by atoms with E-state index < -0.39 is 0 Å². The summed E-state index contributed by atoms with van der Waals surface area (Å²) < 4.78 is 0. The molecule has 6 heteroatoms. The minimum absolute atomic E-state index is 0.146. The van der Waals surface area contributed by atoms with Crippen LogP contribution in [0.15, 0.2) is 24.5 Å². The molecule has 1 heterocycles. The summed E-state index contributed by atoms with van der Waals surface area (Å²) in [6.07, 6.45) is 1.26. The van der Waals surface area contributed by atoms with Crippen LogP contribution in [0.5, 0.6) is 5.75 Å². The maximum atomic E-state index is 11.6. The molecule has 2 rings (SSSR count). The van der Waals surface area contributed by atoms with Gasteiger partial charge in [0.05, 0.1) is 0 Å². The Hall–Kier alpha value is -2.37. The first-order valence-electron chi connectivity index (χ1n) is 4.63. The van der Waals surface area contributed by atoms with E-state index in [9.17, 15) is 9.90 Å². The molecule has 0 unspecified atom stereocenters. The third-order valence-electron chi connectivity index (χ3n) is 2.09. The Morgan fingerprint density at radius 3 is 2.94 bits per heavy atom. The molecule has 82 valence electrons. The predicted molar refractivity (Wildman–Crippen MR) is 57.2 cm³/mol. The van der Waals surface area contributed by atoms with Crippen molar-refractivity contribution in [3.05, 3.63) is 35.9 Å². The molecular formula is C10H10N4O2. The highest BCUT2D eigenvalue weighted by Crippen LogP contribution is 2.20. The second-order valence-corrected chi connectivity index (χ2v) is 3.29. The van der Waals surface area contributed by atoms with E-state index in [1.807, 2.05) is 0 Å². The number of amides is 1. The van der Waals surface area contributed by atoms with Gasteiger partial charge in [-0.05, 0) is 30.7 Å². The lowest BCUT2D eigenvalue weighted by atomic mass is 10.2. The molecule has 2 aromatic rings. The molecule has 1 aromatic heterocycles. The number of nitrogens with zero attached hydrogens (tertiary/aromatic N) is 2. The SMILES string of the molecule is Cc1cc(O)ccc1NC(=O)c1ncn[nH]1. The number of carbonyl (C=O) groups is 1. The fourth-order valence-corrected chi connectivity index (χ4v) is 1.28. The number of aryl methyl sites for hydroxylation is 1. The average molecular weight is 218 g/mol. The maximum absolute atomic E-state index is 11.6. The molecule has 6 nitrogen and oxygen atoms in total. The fraction of sp³-hybridized carbons (Fsp3) is 0.100. The number of phenolic OH excluding ortho intramolecular Hbond substituents is 1. The summed E-state index contributed by atoms with van der Waals surface area (Å²) in [5.74, 6) is -0.0612. The van der Waals surface area contributed by atoms with E-state index in [1.54, 1.807) is 19.1 Å². The molecule has 0 radical (unpaired) electrons. The third kappa shape index (κ3) is 2.00. The molecule has 3 N–H and O–H groups in total. The fourth-order valence-electron chi connectivity index (χ4n) is 1.28. The van der Waals surface area contributed by atoms with E-state index >= 15 is 0 Å². The van der Waals surface area contributed by atoms with Gasteiger partial charge in [0.1, 0.15) is 12.1 Å². The van der Waals surface area contributed by atoms with Crippen molar-refractivity contribution in [2.75, 3.05) is 5.32 Å². The molecule has 0 aliphatic rings. The number of aromatic hydroxyl groups is 1. The maximum Gasteiger partial charge on any atom is 0.292 e. The van der Waals surface area contributed by atoms with Crippen LogP contribution in [0.3, 0.4) is 0 Å². The van der Waals surface area contributed by atoms with Gasteiger partial charge in [0.25, 0.3) is 5.91 Å². The van der Waals surface area contributed by atoms with Crippen molar-refractivity contribution in [2.45, 2.75) is 6.92 Å². The van der Waals surface area contributed by atoms with Gasteiger partial charge in [-0.3, -0.25) is 9.89 Å². The lowest BCUT2D eigenvalue weighted by Gasteiger charge is -2.06. The van der Waals surface area contributed by atoms with Gasteiger partial charge < -0.3 is 10.4 Å². The van der Waals surface area contributed by atoms with E-state index in [4.69, 9.17) is 0 Å². The number of hydrogen-bond acceptors (Lipinski definition) is 4. The van der Waals surface area contributed by atoms with Crippen LogP contribution in [0.2, 0.25) is 0 Å². The summed E-state index contributed by atoms with van der Waals surface area (Å²) in [5, 5.41) is 17.9. The van der Waals surface area contributed by atoms with Crippen LogP contribution < -0.4 is 5.32 Å². The third-order valence-corrected chi connectivity index (χ3v) is 2.09. The molecule has 0 saturated carbocycles. The number of rotatable bonds is 2. The van der Waals surface area contributed by atoms with Crippen LogP contribution in [0.4, 0.5) is 5.69 Å². The topological polar surface area (TPSA) is 90.9 Å². The van der Waals surface area contributed by atoms with Gasteiger partial charge >= 0.3 is 0 Å². The van der Waals surface area contributed by atoms with Crippen molar-refractivity contribution in [3.63, 3.8) is 0 Å². The lowest BCUT2D eigenvalue weighted by molar-refractivity contribution is 0.101. The quantitative estimate of drug-likeness (QED) is 0.657. The lowest BCUT2D eigenvalue weighted by Crippen LogP contribution is -2.14. The average Bonchev–Trinajstić information content (AvgIpc) is 2.75. The zero-order valence-corrected chi connectivity index (χ0v) is 8.56. The first kappa shape index (κ1) is 10.2. The first-order chi connectivity index (χ1) is 7.66. The van der Waals surface area contributed by atoms with Crippen LogP contribution in [-0.4, -0.2) is 26.2 Å². The Bertz CT molecular complexity index is 508. The van der Waals surface area contributed by atoms with Crippen molar-refractivity contribution in [3.8, 4) is 5.75 Å². The highest BCUT2D eigenvalue weighted by atomic mass is 16.3. The molecule has 1 amide bonds. The molecule has 0 atom stereocenters. The molecule has 0 aliphatic heterocycles. The summed E-state index contributed by atoms with van der Waals surface area (Å²) in [4.78, 5) is 15.3. The van der Waals surface area contributed by atoms with Crippen molar-refractivity contribution in [2.24, 2.45) is 0 Å². The Morgan fingerprint density at radius 1 is 1.50 bits per heavy atom. The molecule has 1 aromatic carbocycles. The second-order valence-electron chi connectivity index (χ2n) is 3.29. The number of nitrogens with one attached hydrogen (secondary N) is 2. The Labute approximate surface area is 91.3 Å². The first-order valence-corrected chi connectivity index (χ1v) is 4.63. The Kier molecular flexibility index (Phi) is 2.55. The van der Waals surface area contributed by atoms with Gasteiger partial charge in [-0.25, -0.2) is 4.98 Å². The molecule has 0 aliphatic carbocycles. The van der Waals surface area contributed by atoms with Crippen LogP contribution in [0, 0.1) is 6.92 Å². The zero-order chi connectivity index (χ0) is 11.5. The predicted octanol–water partition coefficient (Wildman–Crippen LogP) is 1.07. The zero-order valence-electron chi connectivity index (χ0n) is 8.56. The van der Waals surface area contributed by atoms with Crippen molar-refractivity contribution < 1.29 is 9.90 Å². The summed E-state index contributed by atoms with van der Waals surface area (Å²) in [7, 11) is 0. The van der Waals surface area contributed by atoms with Gasteiger partial charge in [0.2, 0.25) is 5.82 Å². The van der Waals surface area contributed by atoms with E-state index in [0.717, 1.165) is 5.56 Å². The van der Waals surface area contributed by atoms with E-state index in [0.29, 0.717) is 5.69 Å². The monoisotopic (exact) mass is 218 g/mol. The van der Waals surface area contributed by atoms with Crippen LogP contribution in [0.25, 0.3) is 0 Å². The number of H-pyrrole nitrogens is 1. The van der Waals surface area contributed by atoms with Crippen molar-refractivity contribution in [1.29, 1.82) is 0 Å². The Balaban J connectivity index is 2.18. The second kappa shape index (κ2) is 4.01. The van der Waals surface area contributed by atoms with Gasteiger partial charge in [0.15, 0.2) is 0 Å². The largest absolute Gasteiger partial charge is 0.508 e. The number of anilines is 1. The number of hydrogen-bond donors (Lipinski definition) is 3. The minimum Gasteiger partial charge on any atom is -0.508 e. The summed E-state index contributed by atoms with van der Waals surface area (Å²) >= 11 is 0. The van der Waals surface area contributed by atoms with Gasteiger partial charge in [0, 0.05) is 5.69 Å². The van der Waals surface area contributed by atoms with E-state index in [2.05, 4.69) is 20.5 Å². The molecule has 0 saturated heterocycles. The molecule has 0 spiro atoms. The summed E-state index contributed by atoms with van der Waals surface area (Å²) in [5.41, 5.74) is 1.40. The van der Waals surface area contributed by atoms with Crippen LogP contribution in [-0.2, 0) is 0 Å². The summed E-state index contributed by atoms with van der Waals surface area (Å²) in [6.45, 7) is 1.79. The molecule has 16 heavy (non-hydrogen) atoms. The molecule has 0 fully saturated rings. The standard InChI is InChI=1S/C10H10N4O2/c1-6-4-7(15)2-3-8(6)13-10(16)9-11-5-12-14-9/h2-5,15H,1H3,(H,13,16)(H,11,12,14). The molecule has 0 bridgehead atoms. The highest BCUT2D eigenvalue weighted by Gasteiger charge is 2.10. The number of aromatic amines is 1. The Morgan fingerprint density at radius 2 is 2.31 bits per heavy atom. The molecular weight excluding hydrogens is 208 g/mol. The van der Waals surface area contributed by atoms with Gasteiger partial charge in [-0.15, -0.1) is 0 Å². The van der Waals surface area contributed by atoms with Crippen molar-refractivity contribution >= 4 is 11.6 Å². The summed E-state index contributed by atoms with van der Waals surface area (Å²) in [6, 6.07) is 4.69.